The van der Waals surface area contributed by atoms with E-state index in [2.05, 4.69) is 10.1 Å². The Morgan fingerprint density at radius 1 is 1.24 bits per heavy atom. The first kappa shape index (κ1) is 15.5. The minimum absolute atomic E-state index is 0.247. The number of hydrogen-bond acceptors (Lipinski definition) is 6. The smallest absolute Gasteiger partial charge is 0.339 e. The molecule has 0 atom stereocenters. The summed E-state index contributed by atoms with van der Waals surface area (Å²) in [6, 6.07) is 10.5. The summed E-state index contributed by atoms with van der Waals surface area (Å²) in [5, 5.41) is 4.43. The summed E-state index contributed by atoms with van der Waals surface area (Å²) in [7, 11) is 0. The van der Waals surface area contributed by atoms with Gasteiger partial charge in [-0.15, -0.1) is 0 Å². The highest BCUT2D eigenvalue weighted by atomic mass is 16.5. The van der Waals surface area contributed by atoms with E-state index in [1.54, 1.807) is 37.3 Å². The van der Waals surface area contributed by atoms with Crippen LogP contribution in [0.15, 0.2) is 40.9 Å². The van der Waals surface area contributed by atoms with Gasteiger partial charge in [0, 0.05) is 17.2 Å². The van der Waals surface area contributed by atoms with Crippen LogP contribution in [0, 0.1) is 6.92 Å². The summed E-state index contributed by atoms with van der Waals surface area (Å²) in [6.45, 7) is 1.44. The van der Waals surface area contributed by atoms with Crippen molar-refractivity contribution in [3.05, 3.63) is 58.9 Å². The molecule has 126 valence electrons. The molecule has 6 heteroatoms. The Bertz CT molecular complexity index is 958. The van der Waals surface area contributed by atoms with Gasteiger partial charge >= 0.3 is 5.97 Å². The molecule has 1 aliphatic rings. The molecule has 25 heavy (non-hydrogen) atoms. The number of hydrogen-bond donors (Lipinski definition) is 0. The summed E-state index contributed by atoms with van der Waals surface area (Å²) in [6.07, 6.45) is 2.10. The molecule has 0 aliphatic heterocycles. The number of pyridine rings is 1. The first-order valence-corrected chi connectivity index (χ1v) is 8.16. The minimum Gasteiger partial charge on any atom is -0.454 e. The van der Waals surface area contributed by atoms with Gasteiger partial charge in [-0.2, -0.15) is 0 Å². The van der Waals surface area contributed by atoms with E-state index in [4.69, 9.17) is 9.26 Å². The van der Waals surface area contributed by atoms with Crippen molar-refractivity contribution in [2.75, 3.05) is 6.61 Å². The first-order valence-electron chi connectivity index (χ1n) is 8.16. The number of aromatic nitrogens is 2. The van der Waals surface area contributed by atoms with Crippen LogP contribution in [-0.2, 0) is 4.74 Å². The summed E-state index contributed by atoms with van der Waals surface area (Å²) in [5.41, 5.74) is 2.58. The van der Waals surface area contributed by atoms with Gasteiger partial charge in [0.15, 0.2) is 12.4 Å². The fraction of sp³-hybridized carbons (Fsp3) is 0.263. The third-order valence-electron chi connectivity index (χ3n) is 4.28. The number of rotatable bonds is 5. The SMILES string of the molecule is Cc1noc2nc(C3CC3)cc(C(=O)OCC(=O)c3ccccc3)c12. The Hall–Kier alpha value is -3.02. The second kappa shape index (κ2) is 6.12. The van der Waals surface area contributed by atoms with E-state index in [1.807, 2.05) is 6.07 Å². The summed E-state index contributed by atoms with van der Waals surface area (Å²) < 4.78 is 10.5. The Morgan fingerprint density at radius 3 is 2.72 bits per heavy atom. The number of fused-ring (bicyclic) bond motifs is 1. The molecule has 6 nitrogen and oxygen atoms in total. The zero-order chi connectivity index (χ0) is 17.4. The Labute approximate surface area is 143 Å². The molecule has 0 saturated heterocycles. The van der Waals surface area contributed by atoms with Crippen molar-refractivity contribution >= 4 is 22.9 Å². The molecule has 2 heterocycles. The van der Waals surface area contributed by atoms with Gasteiger partial charge in [0.05, 0.1) is 16.6 Å². The fourth-order valence-corrected chi connectivity index (χ4v) is 2.78. The molecule has 0 amide bonds. The highest BCUT2D eigenvalue weighted by molar-refractivity contribution is 6.05. The molecule has 0 N–H and O–H groups in total. The van der Waals surface area contributed by atoms with Crippen LogP contribution in [0.2, 0.25) is 0 Å². The van der Waals surface area contributed by atoms with Crippen LogP contribution in [0.3, 0.4) is 0 Å². The molecule has 1 fully saturated rings. The highest BCUT2D eigenvalue weighted by Crippen LogP contribution is 2.40. The number of nitrogens with zero attached hydrogens (tertiary/aromatic N) is 2. The molecule has 0 bridgehead atoms. The van der Waals surface area contributed by atoms with Crippen LogP contribution in [0.4, 0.5) is 0 Å². The minimum atomic E-state index is -0.565. The average Bonchev–Trinajstić information content (AvgIpc) is 3.43. The van der Waals surface area contributed by atoms with E-state index in [-0.39, 0.29) is 12.4 Å². The predicted octanol–water partition coefficient (Wildman–Crippen LogP) is 3.45. The van der Waals surface area contributed by atoms with E-state index in [9.17, 15) is 9.59 Å². The number of carbonyl (C=O) groups excluding carboxylic acids is 2. The number of carbonyl (C=O) groups is 2. The Kier molecular flexibility index (Phi) is 3.80. The molecular weight excluding hydrogens is 320 g/mol. The van der Waals surface area contributed by atoms with Crippen molar-refractivity contribution in [2.24, 2.45) is 0 Å². The molecule has 0 unspecified atom stereocenters. The number of ketones is 1. The van der Waals surface area contributed by atoms with Crippen LogP contribution in [-0.4, -0.2) is 28.5 Å². The van der Waals surface area contributed by atoms with Gasteiger partial charge in [0.2, 0.25) is 0 Å². The zero-order valence-corrected chi connectivity index (χ0v) is 13.7. The molecule has 4 rings (SSSR count). The largest absolute Gasteiger partial charge is 0.454 e. The summed E-state index contributed by atoms with van der Waals surface area (Å²) in [5.74, 6) is -0.458. The lowest BCUT2D eigenvalue weighted by atomic mass is 10.1. The van der Waals surface area contributed by atoms with Crippen LogP contribution in [0.5, 0.6) is 0 Å². The average molecular weight is 336 g/mol. The van der Waals surface area contributed by atoms with E-state index in [1.165, 1.54) is 0 Å². The van der Waals surface area contributed by atoms with Gasteiger partial charge in [0.25, 0.3) is 5.71 Å². The maximum absolute atomic E-state index is 12.6. The number of ether oxygens (including phenoxy) is 1. The van der Waals surface area contributed by atoms with Gasteiger partial charge in [-0.1, -0.05) is 35.5 Å². The Morgan fingerprint density at radius 2 is 2.00 bits per heavy atom. The van der Waals surface area contributed by atoms with Gasteiger partial charge in [-0.05, 0) is 25.8 Å². The quantitative estimate of drug-likeness (QED) is 0.524. The highest BCUT2D eigenvalue weighted by Gasteiger charge is 2.29. The number of Topliss-reactive ketones (excluding diaryl/α,β-unsaturated/α-hetero) is 1. The third-order valence-corrected chi connectivity index (χ3v) is 4.28. The molecule has 0 radical (unpaired) electrons. The predicted molar refractivity (Wildman–Crippen MR) is 89.6 cm³/mol. The molecule has 3 aromatic rings. The molecular formula is C19H16N2O4. The third kappa shape index (κ3) is 3.03. The van der Waals surface area contributed by atoms with E-state index in [0.29, 0.717) is 33.8 Å². The lowest BCUT2D eigenvalue weighted by Crippen LogP contribution is -2.15. The maximum atomic E-state index is 12.6. The monoisotopic (exact) mass is 336 g/mol. The van der Waals surface area contributed by atoms with Crippen LogP contribution >= 0.6 is 0 Å². The lowest BCUT2D eigenvalue weighted by molar-refractivity contribution is 0.0476. The van der Waals surface area contributed by atoms with Crippen molar-refractivity contribution < 1.29 is 18.8 Å². The molecule has 1 aromatic carbocycles. The summed E-state index contributed by atoms with van der Waals surface area (Å²) in [4.78, 5) is 29.1. The van der Waals surface area contributed by atoms with Crippen molar-refractivity contribution in [3.8, 4) is 0 Å². The lowest BCUT2D eigenvalue weighted by Gasteiger charge is -2.07. The fourth-order valence-electron chi connectivity index (χ4n) is 2.78. The second-order valence-corrected chi connectivity index (χ2v) is 6.18. The molecule has 0 spiro atoms. The topological polar surface area (TPSA) is 82.3 Å². The van der Waals surface area contributed by atoms with E-state index in [0.717, 1.165) is 18.5 Å². The van der Waals surface area contributed by atoms with Gasteiger partial charge < -0.3 is 9.26 Å². The van der Waals surface area contributed by atoms with Crippen molar-refractivity contribution in [3.63, 3.8) is 0 Å². The standard InChI is InChI=1S/C19H16N2O4/c1-11-17-14(9-15(12-7-8-12)20-18(17)25-21-11)19(23)24-10-16(22)13-5-3-2-4-6-13/h2-6,9,12H,7-8,10H2,1H3. The number of aryl methyl sites for hydroxylation is 1. The van der Waals surface area contributed by atoms with E-state index >= 15 is 0 Å². The molecule has 1 aliphatic carbocycles. The molecule has 2 aromatic heterocycles. The summed E-state index contributed by atoms with van der Waals surface area (Å²) >= 11 is 0. The van der Waals surface area contributed by atoms with Crippen LogP contribution < -0.4 is 0 Å². The van der Waals surface area contributed by atoms with Gasteiger partial charge in [0.1, 0.15) is 0 Å². The zero-order valence-electron chi connectivity index (χ0n) is 13.7. The number of esters is 1. The normalized spacial score (nSPS) is 13.8. The number of benzene rings is 1. The molecule has 1 saturated carbocycles. The van der Waals surface area contributed by atoms with Gasteiger partial charge in [-0.25, -0.2) is 9.78 Å². The van der Waals surface area contributed by atoms with Crippen molar-refractivity contribution in [1.29, 1.82) is 0 Å². The first-order chi connectivity index (χ1) is 12.1. The van der Waals surface area contributed by atoms with E-state index < -0.39 is 5.97 Å². The van der Waals surface area contributed by atoms with Crippen LogP contribution in [0.1, 0.15) is 50.9 Å². The van der Waals surface area contributed by atoms with Gasteiger partial charge in [-0.3, -0.25) is 4.79 Å². The Balaban J connectivity index is 1.59. The maximum Gasteiger partial charge on any atom is 0.339 e. The van der Waals surface area contributed by atoms with Crippen molar-refractivity contribution in [1.82, 2.24) is 10.1 Å². The second-order valence-electron chi connectivity index (χ2n) is 6.18. The van der Waals surface area contributed by atoms with Crippen molar-refractivity contribution in [2.45, 2.75) is 25.7 Å². The van der Waals surface area contributed by atoms with Crippen LogP contribution in [0.25, 0.3) is 11.1 Å².